The minimum atomic E-state index is -3.03. The summed E-state index contributed by atoms with van der Waals surface area (Å²) >= 11 is 6.60. The summed E-state index contributed by atoms with van der Waals surface area (Å²) in [6.07, 6.45) is -0.119. The molecule has 192 valence electrons. The second-order valence-corrected chi connectivity index (χ2v) is 16.0. The van der Waals surface area contributed by atoms with Crippen molar-refractivity contribution in [2.24, 2.45) is 7.05 Å². The second-order valence-electron chi connectivity index (χ2n) is 9.02. The van der Waals surface area contributed by atoms with Gasteiger partial charge in [0.1, 0.15) is 11.8 Å². The molecule has 0 aliphatic carbocycles. The van der Waals surface area contributed by atoms with Crippen LogP contribution in [0.15, 0.2) is 12.3 Å². The van der Waals surface area contributed by atoms with Gasteiger partial charge in [0, 0.05) is 70.9 Å². The quantitative estimate of drug-likeness (QED) is 0.471. The standard InChI is InChI=1S/C21H37N5O5P2S/c1-22-19-20(33(34,25-6-14-30-15-7-25)26-8-16-31-17-9-26)18-21(22)32(27,23-2-10-28-11-3-23)24-4-12-29-13-5-24/h18-19H,2-17H2,1H3. The third-order valence-electron chi connectivity index (χ3n) is 7.08. The lowest BCUT2D eigenvalue weighted by atomic mass is 10.5. The van der Waals surface area contributed by atoms with Crippen molar-refractivity contribution in [3.8, 4) is 0 Å². The summed E-state index contributed by atoms with van der Waals surface area (Å²) < 4.78 is 48.9. The first-order valence-corrected chi connectivity index (χ1v) is 16.6. The Balaban J connectivity index is 1.56. The number of ether oxygens (including phenoxy) is 4. The van der Waals surface area contributed by atoms with Gasteiger partial charge in [-0.05, 0) is 6.07 Å². The molecule has 0 saturated carbocycles. The summed E-state index contributed by atoms with van der Waals surface area (Å²) in [5.41, 5.74) is 0.863. The maximum Gasteiger partial charge on any atom is 0.262 e. The van der Waals surface area contributed by atoms with Crippen LogP contribution in [0.1, 0.15) is 0 Å². The third-order valence-corrected chi connectivity index (χ3v) is 15.7. The SMILES string of the molecule is Cn1cc(P(=S)(N2CCOCC2)N2CCOCC2)cc1P(=O)(N1CCOCC1)N1CCOCC1. The average Bonchev–Trinajstić information content (AvgIpc) is 3.32. The molecule has 34 heavy (non-hydrogen) atoms. The van der Waals surface area contributed by atoms with E-state index >= 15 is 4.57 Å². The molecule has 1 aromatic rings. The van der Waals surface area contributed by atoms with E-state index in [1.54, 1.807) is 0 Å². The Kier molecular flexibility index (Phi) is 8.30. The van der Waals surface area contributed by atoms with Crippen LogP contribution in [0.25, 0.3) is 0 Å². The number of hydrogen-bond acceptors (Lipinski definition) is 6. The van der Waals surface area contributed by atoms with E-state index in [1.165, 1.54) is 0 Å². The maximum absolute atomic E-state index is 15.1. The highest BCUT2D eigenvalue weighted by atomic mass is 32.4. The summed E-state index contributed by atoms with van der Waals surface area (Å²) in [5.74, 6) is 0. The number of nitrogens with zero attached hydrogens (tertiary/aromatic N) is 5. The Morgan fingerprint density at radius 1 is 0.676 bits per heavy atom. The number of morpholine rings is 4. The van der Waals surface area contributed by atoms with Crippen LogP contribution in [0, 0.1) is 0 Å². The van der Waals surface area contributed by atoms with Crippen LogP contribution >= 0.6 is 13.8 Å². The maximum atomic E-state index is 15.1. The summed E-state index contributed by atoms with van der Waals surface area (Å²) in [6.45, 7) is 11.1. The van der Waals surface area contributed by atoms with Gasteiger partial charge < -0.3 is 23.5 Å². The van der Waals surface area contributed by atoms with E-state index in [2.05, 4.69) is 35.5 Å². The average molecular weight is 534 g/mol. The summed E-state index contributed by atoms with van der Waals surface area (Å²) in [6, 6.07) is 2.16. The molecule has 13 heteroatoms. The number of aromatic nitrogens is 1. The van der Waals surface area contributed by atoms with Gasteiger partial charge in [0.2, 0.25) is 0 Å². The largest absolute Gasteiger partial charge is 0.379 e. The van der Waals surface area contributed by atoms with Gasteiger partial charge in [-0.3, -0.25) is 13.9 Å². The molecule has 0 amide bonds. The Hall–Kier alpha value is -0.160. The zero-order valence-electron chi connectivity index (χ0n) is 20.0. The van der Waals surface area contributed by atoms with Crippen LogP contribution in [0.4, 0.5) is 0 Å². The van der Waals surface area contributed by atoms with Gasteiger partial charge in [-0.25, -0.2) is 9.34 Å². The van der Waals surface area contributed by atoms with Gasteiger partial charge in [0.15, 0.2) is 0 Å². The fraction of sp³-hybridized carbons (Fsp3) is 0.810. The van der Waals surface area contributed by atoms with Crippen LogP contribution in [0.5, 0.6) is 0 Å². The minimum absolute atomic E-state index is 0.602. The minimum Gasteiger partial charge on any atom is -0.379 e. The monoisotopic (exact) mass is 533 g/mol. The molecule has 1 aromatic heterocycles. The lowest BCUT2D eigenvalue weighted by Crippen LogP contribution is -2.47. The van der Waals surface area contributed by atoms with Gasteiger partial charge in [0.25, 0.3) is 7.44 Å². The molecular formula is C21H37N5O5P2S. The lowest BCUT2D eigenvalue weighted by Gasteiger charge is -2.45. The Morgan fingerprint density at radius 2 is 1.03 bits per heavy atom. The van der Waals surface area contributed by atoms with Crippen LogP contribution in [-0.4, -0.2) is 128 Å². The van der Waals surface area contributed by atoms with E-state index < -0.39 is 13.8 Å². The van der Waals surface area contributed by atoms with Gasteiger partial charge in [0.05, 0.1) is 52.9 Å². The highest BCUT2D eigenvalue weighted by Gasteiger charge is 2.44. The molecule has 0 bridgehead atoms. The van der Waals surface area contributed by atoms with E-state index in [0.717, 1.165) is 36.9 Å². The molecule has 4 aliphatic heterocycles. The van der Waals surface area contributed by atoms with Crippen molar-refractivity contribution in [1.82, 2.24) is 23.2 Å². The first-order chi connectivity index (χ1) is 16.5. The molecule has 10 nitrogen and oxygen atoms in total. The highest BCUT2D eigenvalue weighted by molar-refractivity contribution is 8.15. The lowest BCUT2D eigenvalue weighted by molar-refractivity contribution is 0.0537. The van der Waals surface area contributed by atoms with Crippen molar-refractivity contribution in [2.45, 2.75) is 0 Å². The van der Waals surface area contributed by atoms with Crippen molar-refractivity contribution >= 4 is 36.3 Å². The van der Waals surface area contributed by atoms with Crippen molar-refractivity contribution in [3.63, 3.8) is 0 Å². The van der Waals surface area contributed by atoms with Crippen LogP contribution in [0.3, 0.4) is 0 Å². The molecule has 0 N–H and O–H groups in total. The van der Waals surface area contributed by atoms with Gasteiger partial charge >= 0.3 is 0 Å². The fourth-order valence-corrected chi connectivity index (χ4v) is 12.8. The zero-order chi connectivity index (χ0) is 23.6. The van der Waals surface area contributed by atoms with Crippen molar-refractivity contribution < 1.29 is 23.5 Å². The molecule has 4 saturated heterocycles. The summed E-state index contributed by atoms with van der Waals surface area (Å²) in [5, 5.41) is 1.12. The number of hydrogen-bond donors (Lipinski definition) is 0. The first-order valence-electron chi connectivity index (χ1n) is 12.2. The Morgan fingerprint density at radius 3 is 1.41 bits per heavy atom. The van der Waals surface area contributed by atoms with Gasteiger partial charge in [-0.15, -0.1) is 0 Å². The van der Waals surface area contributed by atoms with E-state index in [1.807, 2.05) is 7.05 Å². The molecule has 5 heterocycles. The van der Waals surface area contributed by atoms with Crippen LogP contribution < -0.4 is 10.7 Å². The van der Waals surface area contributed by atoms with E-state index in [4.69, 9.17) is 30.8 Å². The number of aryl methyl sites for hydroxylation is 1. The predicted octanol–water partition coefficient (Wildman–Crippen LogP) is 0.107. The topological polar surface area (TPSA) is 71.9 Å². The number of rotatable bonds is 6. The summed E-state index contributed by atoms with van der Waals surface area (Å²) in [4.78, 5) is 0. The molecule has 0 spiro atoms. The first kappa shape index (κ1) is 25.5. The molecule has 4 fully saturated rings. The predicted molar refractivity (Wildman–Crippen MR) is 136 cm³/mol. The van der Waals surface area contributed by atoms with E-state index in [9.17, 15) is 0 Å². The third kappa shape index (κ3) is 4.75. The second kappa shape index (κ2) is 11.1. The fourth-order valence-electron chi connectivity index (χ4n) is 5.26. The molecule has 0 aromatic carbocycles. The smallest absolute Gasteiger partial charge is 0.262 e. The van der Waals surface area contributed by atoms with E-state index in [-0.39, 0.29) is 0 Å². The molecule has 5 rings (SSSR count). The molecule has 4 aliphatic rings. The van der Waals surface area contributed by atoms with Crippen LogP contribution in [-0.2, 0) is 42.4 Å². The normalized spacial score (nSPS) is 25.6. The highest BCUT2D eigenvalue weighted by Crippen LogP contribution is 2.56. The Labute approximate surface area is 207 Å². The van der Waals surface area contributed by atoms with Gasteiger partial charge in [-0.1, -0.05) is 11.8 Å². The zero-order valence-corrected chi connectivity index (χ0v) is 22.7. The summed E-state index contributed by atoms with van der Waals surface area (Å²) in [7, 11) is -1.02. The van der Waals surface area contributed by atoms with E-state index in [0.29, 0.717) is 79.0 Å². The Bertz CT molecular complexity index is 881. The van der Waals surface area contributed by atoms with Crippen LogP contribution in [0.2, 0.25) is 0 Å². The van der Waals surface area contributed by atoms with Crippen molar-refractivity contribution in [3.05, 3.63) is 12.3 Å². The molecule has 0 unspecified atom stereocenters. The molecule has 0 radical (unpaired) electrons. The van der Waals surface area contributed by atoms with Crippen molar-refractivity contribution in [2.75, 3.05) is 105 Å². The van der Waals surface area contributed by atoms with Gasteiger partial charge in [-0.2, -0.15) is 0 Å². The molecular weight excluding hydrogens is 496 g/mol. The van der Waals surface area contributed by atoms with Crippen molar-refractivity contribution in [1.29, 1.82) is 0 Å². The molecule has 0 atom stereocenters.